The molecule has 4 aliphatic heterocycles. The summed E-state index contributed by atoms with van der Waals surface area (Å²) in [5.41, 5.74) is -0.953. The van der Waals surface area contributed by atoms with Crippen LogP contribution in [0.2, 0.25) is 0 Å². The zero-order chi connectivity index (χ0) is 38.6. The Kier molecular flexibility index (Phi) is 10.3. The average molecular weight is 783 g/mol. The number of anilines is 1. The Labute approximate surface area is 313 Å². The van der Waals surface area contributed by atoms with Gasteiger partial charge >= 0.3 is 6.18 Å². The Morgan fingerprint density at radius 2 is 1.76 bits per heavy atom. The maximum atomic E-state index is 16.2. The summed E-state index contributed by atoms with van der Waals surface area (Å²) in [6, 6.07) is 2.01. The number of aromatic nitrogens is 2. The Hall–Kier alpha value is -3.90. The smallest absolute Gasteiger partial charge is 0.416 e. The van der Waals surface area contributed by atoms with Crippen molar-refractivity contribution in [2.45, 2.75) is 100 Å². The van der Waals surface area contributed by atoms with E-state index in [0.29, 0.717) is 39.1 Å². The molecule has 18 heteroatoms. The van der Waals surface area contributed by atoms with Gasteiger partial charge in [-0.1, -0.05) is 0 Å². The number of benzene rings is 1. The number of ether oxygens (including phenoxy) is 3. The number of fused-ring (bicyclic) bond motifs is 1. The first-order valence-corrected chi connectivity index (χ1v) is 19.0. The normalized spacial score (nSPS) is 25.1. The third-order valence-corrected chi connectivity index (χ3v) is 12.1. The number of amides is 3. The minimum absolute atomic E-state index is 0.00907. The number of likely N-dealkylation sites (tertiary alicyclic amines) is 1. The van der Waals surface area contributed by atoms with Gasteiger partial charge in [-0.25, -0.2) is 13.2 Å². The van der Waals surface area contributed by atoms with Crippen LogP contribution in [0.3, 0.4) is 0 Å². The third kappa shape index (κ3) is 8.04. The van der Waals surface area contributed by atoms with Crippen LogP contribution in [-0.2, 0) is 25.6 Å². The monoisotopic (exact) mass is 782 g/mol. The Morgan fingerprint density at radius 3 is 2.38 bits per heavy atom. The van der Waals surface area contributed by atoms with Crippen molar-refractivity contribution in [2.24, 2.45) is 17.8 Å². The van der Waals surface area contributed by atoms with Crippen LogP contribution in [0.5, 0.6) is 5.75 Å². The number of rotatable bonds is 12. The van der Waals surface area contributed by atoms with E-state index in [2.05, 4.69) is 20.6 Å². The Morgan fingerprint density at radius 1 is 1.05 bits per heavy atom. The van der Waals surface area contributed by atoms with Crippen molar-refractivity contribution in [3.8, 4) is 5.75 Å². The SMILES string of the molecule is O=C(N[C@H](C(=O)Nc1cc2c(cc1F)C(N1CC(C(F)(F)F)OCC1=O)CC1(CCN(C3COC3)CC1)O2)C(C1CC1)C1CC1)c1ccnn1CCC(F)F. The van der Waals surface area contributed by atoms with Crippen molar-refractivity contribution in [3.63, 3.8) is 0 Å². The van der Waals surface area contributed by atoms with Crippen LogP contribution in [0.25, 0.3) is 0 Å². The molecule has 3 atom stereocenters. The molecule has 2 aliphatic carbocycles. The largest absolute Gasteiger partial charge is 0.487 e. The van der Waals surface area contributed by atoms with Crippen LogP contribution >= 0.6 is 0 Å². The molecule has 300 valence electrons. The predicted molar refractivity (Wildman–Crippen MR) is 182 cm³/mol. The average Bonchev–Trinajstić information content (AvgIpc) is 4.06. The van der Waals surface area contributed by atoms with E-state index in [0.717, 1.165) is 41.3 Å². The van der Waals surface area contributed by atoms with E-state index in [4.69, 9.17) is 14.2 Å². The zero-order valence-electron chi connectivity index (χ0n) is 30.0. The van der Waals surface area contributed by atoms with E-state index in [-0.39, 0.29) is 59.5 Å². The van der Waals surface area contributed by atoms with E-state index in [9.17, 15) is 36.3 Å². The number of carbonyl (C=O) groups is 3. The maximum Gasteiger partial charge on any atom is 0.416 e. The molecule has 5 fully saturated rings. The zero-order valence-corrected chi connectivity index (χ0v) is 30.0. The van der Waals surface area contributed by atoms with Crippen LogP contribution in [0.15, 0.2) is 24.4 Å². The fourth-order valence-electron chi connectivity index (χ4n) is 8.73. The molecule has 8 rings (SSSR count). The van der Waals surface area contributed by atoms with Crippen molar-refractivity contribution in [1.29, 1.82) is 0 Å². The lowest BCUT2D eigenvalue weighted by Gasteiger charge is -2.51. The van der Waals surface area contributed by atoms with E-state index in [1.54, 1.807) is 0 Å². The molecule has 6 aliphatic rings. The molecular weight excluding hydrogens is 738 g/mol. The standard InChI is InChI=1S/C37H44F6N6O6/c38-24-13-23-27(48-16-29(37(41,42)43)54-19-31(48)50)15-36(7-11-47(12-8-36)22-17-53-18-22)55-28(23)14-25(24)45-35(52)33(32(20-1-2-20)21-3-4-21)46-34(51)26-5-9-44-49(26)10-6-30(39)40/h5,9,13-14,20-22,27,29-30,32-33H,1-4,6-8,10-12,15-19H2,(H,45,52)(H,46,51)/t27?,29?,33-/m0/s1. The lowest BCUT2D eigenvalue weighted by atomic mass is 9.79. The second-order valence-corrected chi connectivity index (χ2v) is 15.8. The van der Waals surface area contributed by atoms with Crippen molar-refractivity contribution in [3.05, 3.63) is 41.5 Å². The number of aryl methyl sites for hydroxylation is 1. The molecule has 0 bridgehead atoms. The molecule has 3 amide bonds. The van der Waals surface area contributed by atoms with Crippen LogP contribution < -0.4 is 15.4 Å². The number of hydrogen-bond donors (Lipinski definition) is 2. The molecule has 12 nitrogen and oxygen atoms in total. The lowest BCUT2D eigenvalue weighted by molar-refractivity contribution is -0.238. The van der Waals surface area contributed by atoms with Gasteiger partial charge in [0.1, 0.15) is 35.5 Å². The van der Waals surface area contributed by atoms with E-state index >= 15 is 4.39 Å². The molecule has 1 spiro atoms. The van der Waals surface area contributed by atoms with Gasteiger partial charge in [0.15, 0.2) is 6.10 Å². The molecule has 1 aromatic heterocycles. The second kappa shape index (κ2) is 14.9. The molecule has 3 saturated heterocycles. The van der Waals surface area contributed by atoms with Gasteiger partial charge < -0.3 is 29.7 Å². The van der Waals surface area contributed by atoms with Gasteiger partial charge in [-0.05, 0) is 68.4 Å². The van der Waals surface area contributed by atoms with Crippen LogP contribution in [0.1, 0.15) is 73.5 Å². The highest BCUT2D eigenvalue weighted by Crippen LogP contribution is 2.52. The van der Waals surface area contributed by atoms with Gasteiger partial charge in [0, 0.05) is 50.3 Å². The summed E-state index contributed by atoms with van der Waals surface area (Å²) in [7, 11) is 0. The van der Waals surface area contributed by atoms with Gasteiger partial charge in [0.25, 0.3) is 5.91 Å². The molecule has 2 saturated carbocycles. The summed E-state index contributed by atoms with van der Waals surface area (Å²) in [6.45, 7) is 0.704. The fourth-order valence-corrected chi connectivity index (χ4v) is 8.73. The predicted octanol–water partition coefficient (Wildman–Crippen LogP) is 4.70. The van der Waals surface area contributed by atoms with Gasteiger partial charge in [-0.2, -0.15) is 18.3 Å². The second-order valence-electron chi connectivity index (χ2n) is 15.8. The van der Waals surface area contributed by atoms with Gasteiger partial charge in [0.2, 0.25) is 18.2 Å². The van der Waals surface area contributed by atoms with Crippen molar-refractivity contribution in [2.75, 3.05) is 44.8 Å². The molecule has 1 aromatic carbocycles. The first kappa shape index (κ1) is 38.0. The minimum atomic E-state index is -4.73. The number of piperidine rings is 1. The highest BCUT2D eigenvalue weighted by molar-refractivity contribution is 6.01. The van der Waals surface area contributed by atoms with E-state index in [1.807, 2.05) is 0 Å². The molecule has 2 aromatic rings. The summed E-state index contributed by atoms with van der Waals surface area (Å²) in [5.74, 6) is -2.69. The number of carbonyl (C=O) groups excluding carboxylic acids is 3. The molecule has 55 heavy (non-hydrogen) atoms. The van der Waals surface area contributed by atoms with Crippen LogP contribution in [-0.4, -0.2) is 113 Å². The van der Waals surface area contributed by atoms with Gasteiger partial charge in [0.05, 0.1) is 37.5 Å². The number of nitrogens with one attached hydrogen (secondary N) is 2. The maximum absolute atomic E-state index is 16.2. The summed E-state index contributed by atoms with van der Waals surface area (Å²) < 4.78 is 102. The number of alkyl halides is 5. The molecule has 2 N–H and O–H groups in total. The third-order valence-electron chi connectivity index (χ3n) is 12.1. The van der Waals surface area contributed by atoms with Crippen molar-refractivity contribution >= 4 is 23.4 Å². The first-order valence-electron chi connectivity index (χ1n) is 19.0. The Balaban J connectivity index is 1.08. The van der Waals surface area contributed by atoms with E-state index in [1.165, 1.54) is 18.3 Å². The summed E-state index contributed by atoms with van der Waals surface area (Å²) in [5, 5.41) is 9.49. The van der Waals surface area contributed by atoms with Gasteiger partial charge in [-0.15, -0.1) is 0 Å². The first-order chi connectivity index (χ1) is 26.3. The highest BCUT2D eigenvalue weighted by Gasteiger charge is 2.52. The van der Waals surface area contributed by atoms with Crippen molar-refractivity contribution < 1.29 is 54.9 Å². The minimum Gasteiger partial charge on any atom is -0.487 e. The quantitative estimate of drug-likeness (QED) is 0.297. The highest BCUT2D eigenvalue weighted by atomic mass is 19.4. The topological polar surface area (TPSA) is 127 Å². The summed E-state index contributed by atoms with van der Waals surface area (Å²) in [6.07, 6.45) is -4.18. The Bertz CT molecular complexity index is 1760. The lowest BCUT2D eigenvalue weighted by Crippen LogP contribution is -2.59. The summed E-state index contributed by atoms with van der Waals surface area (Å²) >= 11 is 0. The van der Waals surface area contributed by atoms with E-state index < -0.39 is 79.5 Å². The molecule has 2 unspecified atom stereocenters. The van der Waals surface area contributed by atoms with Crippen LogP contribution in [0, 0.1) is 23.6 Å². The van der Waals surface area contributed by atoms with Gasteiger partial charge in [-0.3, -0.25) is 24.0 Å². The number of nitrogens with zero attached hydrogens (tertiary/aromatic N) is 4. The number of morpholine rings is 1. The molecule has 0 radical (unpaired) electrons. The molecular formula is C37H44F6N6O6. The molecule has 5 heterocycles. The summed E-state index contributed by atoms with van der Waals surface area (Å²) in [4.78, 5) is 44.4. The van der Waals surface area contributed by atoms with Crippen molar-refractivity contribution in [1.82, 2.24) is 24.9 Å². The fraction of sp³-hybridized carbons (Fsp3) is 0.676. The van der Waals surface area contributed by atoms with Crippen LogP contribution in [0.4, 0.5) is 32.0 Å². The number of hydrogen-bond acceptors (Lipinski definition) is 8. The number of halogens is 6.